The van der Waals surface area contributed by atoms with E-state index in [-0.39, 0.29) is 55.2 Å². The van der Waals surface area contributed by atoms with Crippen molar-refractivity contribution in [1.29, 1.82) is 0 Å². The first-order valence-electron chi connectivity index (χ1n) is 14.2. The Kier molecular flexibility index (Phi) is 8.94. The monoisotopic (exact) mass is 531 g/mol. The van der Waals surface area contributed by atoms with Gasteiger partial charge in [0, 0.05) is 49.8 Å². The van der Waals surface area contributed by atoms with Crippen LogP contribution in [0.3, 0.4) is 0 Å². The van der Waals surface area contributed by atoms with Gasteiger partial charge in [0.2, 0.25) is 5.91 Å². The number of carbonyl (C=O) groups excluding carboxylic acids is 1. The number of hydrogen-bond acceptors (Lipinski definition) is 8. The third-order valence-electron chi connectivity index (χ3n) is 9.35. The zero-order chi connectivity index (χ0) is 26.0. The number of nitrogens with zero attached hydrogens (tertiary/aromatic N) is 1. The van der Waals surface area contributed by atoms with Crippen LogP contribution in [0.5, 0.6) is 0 Å². The molecular weight excluding hydrogens is 487 g/mol. The fourth-order valence-corrected chi connectivity index (χ4v) is 7.22. The van der Waals surface area contributed by atoms with Crippen LogP contribution in [0, 0.1) is 17.8 Å². The van der Waals surface area contributed by atoms with E-state index < -0.39 is 18.2 Å². The first kappa shape index (κ1) is 27.5. The molecule has 0 radical (unpaired) electrons. The van der Waals surface area contributed by atoms with E-state index >= 15 is 0 Å². The van der Waals surface area contributed by atoms with E-state index in [2.05, 4.69) is 44.1 Å². The molecule has 5 fully saturated rings. The van der Waals surface area contributed by atoms with Gasteiger partial charge in [-0.15, -0.1) is 0 Å². The quantitative estimate of drug-likeness (QED) is 0.302. The van der Waals surface area contributed by atoms with Gasteiger partial charge >= 0.3 is 6.18 Å². The molecular formula is C25H44F3N7O2. The molecule has 0 aromatic heterocycles. The van der Waals surface area contributed by atoms with Gasteiger partial charge in [-0.2, -0.15) is 13.2 Å². The van der Waals surface area contributed by atoms with E-state index in [9.17, 15) is 18.0 Å². The number of hydrogen-bond donors (Lipinski definition) is 6. The summed E-state index contributed by atoms with van der Waals surface area (Å²) in [5.74, 6) is -1.78. The van der Waals surface area contributed by atoms with Crippen LogP contribution in [-0.4, -0.2) is 87.0 Å². The molecule has 37 heavy (non-hydrogen) atoms. The van der Waals surface area contributed by atoms with Crippen molar-refractivity contribution >= 4 is 5.91 Å². The molecule has 3 aliphatic heterocycles. The molecule has 3 heterocycles. The summed E-state index contributed by atoms with van der Waals surface area (Å²) in [6, 6.07) is 0.405. The van der Waals surface area contributed by atoms with Crippen LogP contribution in [0.15, 0.2) is 0 Å². The van der Waals surface area contributed by atoms with Gasteiger partial charge in [-0.3, -0.25) is 15.0 Å². The number of rotatable bonds is 6. The van der Waals surface area contributed by atoms with Crippen molar-refractivity contribution in [3.05, 3.63) is 0 Å². The average Bonchev–Trinajstić information content (AvgIpc) is 3.27. The summed E-state index contributed by atoms with van der Waals surface area (Å²) in [5.41, 5.74) is 6.83. The Bertz CT molecular complexity index is 769. The molecule has 3 saturated heterocycles. The third-order valence-corrected chi connectivity index (χ3v) is 9.35. The molecule has 5 aliphatic rings. The van der Waals surface area contributed by atoms with Crippen molar-refractivity contribution in [2.24, 2.45) is 17.8 Å². The van der Waals surface area contributed by atoms with Gasteiger partial charge < -0.3 is 20.7 Å². The number of nitrogens with one attached hydrogen (secondary N) is 6. The van der Waals surface area contributed by atoms with E-state index in [1.54, 1.807) is 0 Å². The van der Waals surface area contributed by atoms with Crippen molar-refractivity contribution in [3.8, 4) is 0 Å². The molecule has 9 atom stereocenters. The minimum absolute atomic E-state index is 0.00102. The summed E-state index contributed by atoms with van der Waals surface area (Å²) in [5, 5.41) is 13.7. The molecule has 9 nitrogen and oxygen atoms in total. The Balaban J connectivity index is 1.10. The largest absolute Gasteiger partial charge is 0.394 e. The van der Waals surface area contributed by atoms with Gasteiger partial charge in [-0.1, -0.05) is 12.8 Å². The molecule has 8 unspecified atom stereocenters. The van der Waals surface area contributed by atoms with Crippen LogP contribution in [0.25, 0.3) is 0 Å². The zero-order valence-corrected chi connectivity index (χ0v) is 21.8. The number of hydrazine groups is 1. The Labute approximate surface area is 217 Å². The van der Waals surface area contributed by atoms with E-state index in [4.69, 9.17) is 4.74 Å². The lowest BCUT2D eigenvalue weighted by molar-refractivity contribution is -0.235. The fourth-order valence-electron chi connectivity index (χ4n) is 7.22. The highest BCUT2D eigenvalue weighted by atomic mass is 19.4. The van der Waals surface area contributed by atoms with E-state index in [1.807, 2.05) is 0 Å². The second-order valence-corrected chi connectivity index (χ2v) is 11.6. The number of ether oxygens (including phenoxy) is 1. The van der Waals surface area contributed by atoms with Crippen molar-refractivity contribution in [2.45, 2.75) is 101 Å². The maximum Gasteiger partial charge on any atom is 0.394 e. The molecule has 2 aliphatic carbocycles. The van der Waals surface area contributed by atoms with Gasteiger partial charge in [0.25, 0.3) is 0 Å². The Morgan fingerprint density at radius 2 is 1.92 bits per heavy atom. The maximum atomic E-state index is 13.6. The number of likely N-dealkylation sites (N-methyl/N-ethyl adjacent to an activating group) is 1. The van der Waals surface area contributed by atoms with E-state index in [0.29, 0.717) is 25.3 Å². The number of amides is 1. The third kappa shape index (κ3) is 6.42. The number of carbonyl (C=O) groups is 1. The highest BCUT2D eigenvalue weighted by Gasteiger charge is 2.52. The number of alkyl halides is 3. The Morgan fingerprint density at radius 3 is 2.70 bits per heavy atom. The van der Waals surface area contributed by atoms with Gasteiger partial charge in [0.1, 0.15) is 0 Å². The van der Waals surface area contributed by atoms with Crippen LogP contribution >= 0.6 is 0 Å². The first-order valence-corrected chi connectivity index (χ1v) is 14.2. The summed E-state index contributed by atoms with van der Waals surface area (Å²) in [4.78, 5) is 15.6. The SMILES string of the molecule is CN1C(CNC2CCCC(C(=O)N[C@H]3CCOC4C3CCCC4C(F)(F)F)C2)NNC1C1CCNCN1. The first-order chi connectivity index (χ1) is 17.8. The topological polar surface area (TPSA) is 102 Å². The van der Waals surface area contributed by atoms with Crippen LogP contribution in [0.4, 0.5) is 13.2 Å². The highest BCUT2D eigenvalue weighted by molar-refractivity contribution is 5.79. The minimum atomic E-state index is -4.25. The predicted octanol–water partition coefficient (Wildman–Crippen LogP) is 0.988. The molecule has 12 heteroatoms. The molecule has 0 aromatic rings. The molecule has 0 spiro atoms. The van der Waals surface area contributed by atoms with Crippen molar-refractivity contribution in [1.82, 2.24) is 37.0 Å². The summed E-state index contributed by atoms with van der Waals surface area (Å²) < 4.78 is 46.3. The number of halogens is 3. The van der Waals surface area contributed by atoms with Crippen LogP contribution in [0.2, 0.25) is 0 Å². The number of fused-ring (bicyclic) bond motifs is 1. The summed E-state index contributed by atoms with van der Waals surface area (Å²) in [7, 11) is 2.13. The van der Waals surface area contributed by atoms with E-state index in [1.165, 1.54) is 0 Å². The fraction of sp³-hybridized carbons (Fsp3) is 0.960. The smallest absolute Gasteiger partial charge is 0.377 e. The second kappa shape index (κ2) is 12.0. The van der Waals surface area contributed by atoms with Gasteiger partial charge in [-0.05, 0) is 58.5 Å². The second-order valence-electron chi connectivity index (χ2n) is 11.6. The molecule has 212 valence electrons. The van der Waals surface area contributed by atoms with Gasteiger partial charge in [-0.25, -0.2) is 10.9 Å². The van der Waals surface area contributed by atoms with Crippen LogP contribution in [-0.2, 0) is 9.53 Å². The maximum absolute atomic E-state index is 13.6. The molecule has 1 amide bonds. The summed E-state index contributed by atoms with van der Waals surface area (Å²) in [6.07, 6.45) is 1.88. The van der Waals surface area contributed by atoms with E-state index in [0.717, 1.165) is 51.9 Å². The van der Waals surface area contributed by atoms with Crippen LogP contribution in [0.1, 0.15) is 57.8 Å². The minimum Gasteiger partial charge on any atom is -0.377 e. The summed E-state index contributed by atoms with van der Waals surface area (Å²) >= 11 is 0. The van der Waals surface area contributed by atoms with Crippen molar-refractivity contribution < 1.29 is 22.7 Å². The molecule has 0 bridgehead atoms. The lowest BCUT2D eigenvalue weighted by atomic mass is 9.72. The Morgan fingerprint density at radius 1 is 1.08 bits per heavy atom. The molecule has 0 aromatic carbocycles. The van der Waals surface area contributed by atoms with Gasteiger partial charge in [0.15, 0.2) is 0 Å². The standard InChI is InChI=1S/C25H44F3N7O2/c1-35-21(33-34-23(35)20-8-10-29-14-31-20)13-30-16-5-2-4-15(12-16)24(36)32-19-9-11-37-22-17(19)6-3-7-18(22)25(26,27)28/h15-23,29-31,33-34H,2-14H2,1H3,(H,32,36)/t15?,16?,17?,18?,19-,20?,21?,22?,23?/m0/s1. The average molecular weight is 532 g/mol. The zero-order valence-electron chi connectivity index (χ0n) is 21.8. The normalized spacial score (nSPS) is 41.8. The summed E-state index contributed by atoms with van der Waals surface area (Å²) in [6.45, 7) is 2.88. The van der Waals surface area contributed by atoms with Crippen LogP contribution < -0.4 is 32.1 Å². The van der Waals surface area contributed by atoms with Gasteiger partial charge in [0.05, 0.1) is 24.4 Å². The highest BCUT2D eigenvalue weighted by Crippen LogP contribution is 2.45. The van der Waals surface area contributed by atoms with Crippen molar-refractivity contribution in [3.63, 3.8) is 0 Å². The lowest BCUT2D eigenvalue weighted by Gasteiger charge is -2.46. The molecule has 5 rings (SSSR count). The Hall–Kier alpha value is -1.02. The van der Waals surface area contributed by atoms with Crippen molar-refractivity contribution in [2.75, 3.05) is 33.4 Å². The predicted molar refractivity (Wildman–Crippen MR) is 133 cm³/mol. The molecule has 2 saturated carbocycles. The molecule has 6 N–H and O–H groups in total. The lowest BCUT2D eigenvalue weighted by Crippen LogP contribution is -2.58.